The predicted molar refractivity (Wildman–Crippen MR) is 83.3 cm³/mol. The molecule has 3 aromatic heterocycles. The first-order valence-corrected chi connectivity index (χ1v) is 7.82. The minimum atomic E-state index is -0.104. The van der Waals surface area contributed by atoms with Crippen molar-refractivity contribution in [3.8, 4) is 11.5 Å². The summed E-state index contributed by atoms with van der Waals surface area (Å²) < 4.78 is 6.89. The Morgan fingerprint density at radius 2 is 2.30 bits per heavy atom. The summed E-state index contributed by atoms with van der Waals surface area (Å²) in [7, 11) is 1.73. The van der Waals surface area contributed by atoms with Crippen LogP contribution in [0.2, 0.25) is 0 Å². The molecule has 0 atom stereocenters. The average Bonchev–Trinajstić information content (AvgIpc) is 3.23. The molecule has 0 saturated carbocycles. The van der Waals surface area contributed by atoms with Gasteiger partial charge in [0, 0.05) is 25.4 Å². The molecule has 1 N–H and O–H groups in total. The van der Waals surface area contributed by atoms with Crippen molar-refractivity contribution in [3.63, 3.8) is 0 Å². The van der Waals surface area contributed by atoms with Gasteiger partial charge in [-0.05, 0) is 28.6 Å². The first-order chi connectivity index (χ1) is 11.2. The number of aryl methyl sites for hydroxylation is 1. The van der Waals surface area contributed by atoms with Crippen LogP contribution in [-0.4, -0.2) is 36.9 Å². The van der Waals surface area contributed by atoms with Crippen LogP contribution in [0.5, 0.6) is 0 Å². The molecule has 3 rings (SSSR count). The normalized spacial score (nSPS) is 10.7. The van der Waals surface area contributed by atoms with Crippen molar-refractivity contribution in [1.29, 1.82) is 0 Å². The van der Waals surface area contributed by atoms with Gasteiger partial charge >= 0.3 is 0 Å². The number of nitrogens with one attached hydrogen (secondary N) is 1. The van der Waals surface area contributed by atoms with Crippen LogP contribution in [0.3, 0.4) is 0 Å². The third-order valence-electron chi connectivity index (χ3n) is 3.04. The van der Waals surface area contributed by atoms with Gasteiger partial charge in [0.25, 0.3) is 0 Å². The van der Waals surface area contributed by atoms with E-state index in [1.165, 1.54) is 16.4 Å². The number of thioether (sulfide) groups is 1. The summed E-state index contributed by atoms with van der Waals surface area (Å²) in [6.45, 7) is 0.375. The second kappa shape index (κ2) is 7.05. The first-order valence-electron chi connectivity index (χ1n) is 6.83. The number of nitrogens with zero attached hydrogens (tertiary/aromatic N) is 5. The Kier molecular flexibility index (Phi) is 4.67. The number of hydrogen-bond acceptors (Lipinski definition) is 7. The van der Waals surface area contributed by atoms with Gasteiger partial charge in [0.2, 0.25) is 11.1 Å². The maximum Gasteiger partial charge on any atom is 0.230 e. The molecule has 0 aliphatic heterocycles. The highest BCUT2D eigenvalue weighted by atomic mass is 32.2. The number of hydrogen-bond donors (Lipinski definition) is 1. The molecule has 8 nitrogen and oxygen atoms in total. The topological polar surface area (TPSA) is 98.7 Å². The number of furan rings is 1. The smallest absolute Gasteiger partial charge is 0.230 e. The summed E-state index contributed by atoms with van der Waals surface area (Å²) in [4.78, 5) is 16.3. The number of tetrazole rings is 1. The highest BCUT2D eigenvalue weighted by Crippen LogP contribution is 2.21. The summed E-state index contributed by atoms with van der Waals surface area (Å²) >= 11 is 1.28. The minimum Gasteiger partial charge on any atom is -0.463 e. The number of amides is 1. The third kappa shape index (κ3) is 3.75. The maximum absolute atomic E-state index is 12.0. The first kappa shape index (κ1) is 15.2. The fourth-order valence-electron chi connectivity index (χ4n) is 1.93. The standard InChI is InChI=1S/C14H14N6O2S/c1-20-14(17-18-19-20)23-9-12(21)16-8-10-4-2-6-15-13(10)11-5-3-7-22-11/h2-7H,8-9H2,1H3,(H,16,21). The molecule has 0 fully saturated rings. The summed E-state index contributed by atoms with van der Waals surface area (Å²) in [5.74, 6) is 0.812. The molecule has 0 bridgehead atoms. The third-order valence-corrected chi connectivity index (χ3v) is 4.05. The van der Waals surface area contributed by atoms with Gasteiger partial charge in [0.1, 0.15) is 5.69 Å². The fourth-order valence-corrected chi connectivity index (χ4v) is 2.61. The molecule has 0 unspecified atom stereocenters. The molecular formula is C14H14N6O2S. The number of pyridine rings is 1. The van der Waals surface area contributed by atoms with E-state index in [4.69, 9.17) is 4.42 Å². The van der Waals surface area contributed by atoms with E-state index >= 15 is 0 Å². The lowest BCUT2D eigenvalue weighted by Crippen LogP contribution is -2.25. The minimum absolute atomic E-state index is 0.104. The van der Waals surface area contributed by atoms with E-state index in [0.29, 0.717) is 17.5 Å². The van der Waals surface area contributed by atoms with Gasteiger partial charge in [0.15, 0.2) is 5.76 Å². The van der Waals surface area contributed by atoms with E-state index in [2.05, 4.69) is 25.8 Å². The highest BCUT2D eigenvalue weighted by molar-refractivity contribution is 7.99. The van der Waals surface area contributed by atoms with Crippen LogP contribution in [-0.2, 0) is 18.4 Å². The van der Waals surface area contributed by atoms with Crippen molar-refractivity contribution in [2.45, 2.75) is 11.7 Å². The summed E-state index contributed by atoms with van der Waals surface area (Å²) in [5, 5.41) is 14.5. The molecule has 0 aliphatic carbocycles. The summed E-state index contributed by atoms with van der Waals surface area (Å²) in [5.41, 5.74) is 1.61. The van der Waals surface area contributed by atoms with Crippen molar-refractivity contribution in [1.82, 2.24) is 30.5 Å². The monoisotopic (exact) mass is 330 g/mol. The van der Waals surface area contributed by atoms with E-state index in [-0.39, 0.29) is 11.7 Å². The lowest BCUT2D eigenvalue weighted by Gasteiger charge is -2.08. The van der Waals surface area contributed by atoms with Crippen molar-refractivity contribution >= 4 is 17.7 Å². The molecule has 0 spiro atoms. The zero-order valence-electron chi connectivity index (χ0n) is 12.3. The lowest BCUT2D eigenvalue weighted by molar-refractivity contribution is -0.118. The largest absolute Gasteiger partial charge is 0.463 e. The molecule has 1 amide bonds. The Morgan fingerprint density at radius 3 is 3.04 bits per heavy atom. The van der Waals surface area contributed by atoms with Crippen molar-refractivity contribution in [2.24, 2.45) is 7.05 Å². The summed E-state index contributed by atoms with van der Waals surface area (Å²) in [6.07, 6.45) is 3.29. The van der Waals surface area contributed by atoms with Crippen LogP contribution >= 0.6 is 11.8 Å². The van der Waals surface area contributed by atoms with Gasteiger partial charge < -0.3 is 9.73 Å². The van der Waals surface area contributed by atoms with Gasteiger partial charge in [0.05, 0.1) is 12.0 Å². The van der Waals surface area contributed by atoms with Crippen LogP contribution < -0.4 is 5.32 Å². The van der Waals surface area contributed by atoms with Crippen LogP contribution in [0.15, 0.2) is 46.3 Å². The molecule has 3 aromatic rings. The van der Waals surface area contributed by atoms with Crippen molar-refractivity contribution in [2.75, 3.05) is 5.75 Å². The average molecular weight is 330 g/mol. The maximum atomic E-state index is 12.0. The second-order valence-electron chi connectivity index (χ2n) is 4.64. The molecule has 0 aromatic carbocycles. The molecule has 0 aliphatic rings. The van der Waals surface area contributed by atoms with E-state index < -0.39 is 0 Å². The van der Waals surface area contributed by atoms with Gasteiger partial charge in [-0.2, -0.15) is 0 Å². The fraction of sp³-hybridized carbons (Fsp3) is 0.214. The quantitative estimate of drug-likeness (QED) is 0.680. The summed E-state index contributed by atoms with van der Waals surface area (Å²) in [6, 6.07) is 7.38. The van der Waals surface area contributed by atoms with Crippen molar-refractivity contribution in [3.05, 3.63) is 42.3 Å². The van der Waals surface area contributed by atoms with Crippen molar-refractivity contribution < 1.29 is 9.21 Å². The Bertz CT molecular complexity index is 786. The SMILES string of the molecule is Cn1nnnc1SCC(=O)NCc1cccnc1-c1ccco1. The lowest BCUT2D eigenvalue weighted by atomic mass is 10.1. The Labute approximate surface area is 136 Å². The number of rotatable bonds is 6. The number of carbonyl (C=O) groups is 1. The van der Waals surface area contributed by atoms with Gasteiger partial charge in [-0.15, -0.1) is 5.10 Å². The second-order valence-corrected chi connectivity index (χ2v) is 5.58. The molecule has 0 saturated heterocycles. The molecular weight excluding hydrogens is 316 g/mol. The molecule has 3 heterocycles. The zero-order valence-corrected chi connectivity index (χ0v) is 13.2. The van der Waals surface area contributed by atoms with E-state index in [0.717, 1.165) is 11.3 Å². The Hall–Kier alpha value is -2.68. The highest BCUT2D eigenvalue weighted by Gasteiger charge is 2.11. The zero-order chi connectivity index (χ0) is 16.1. The van der Waals surface area contributed by atoms with Crippen LogP contribution in [0.4, 0.5) is 0 Å². The van der Waals surface area contributed by atoms with Gasteiger partial charge in [-0.3, -0.25) is 9.78 Å². The van der Waals surface area contributed by atoms with Gasteiger partial charge in [-0.25, -0.2) is 4.68 Å². The molecule has 23 heavy (non-hydrogen) atoms. The van der Waals surface area contributed by atoms with E-state index in [9.17, 15) is 4.79 Å². The predicted octanol–water partition coefficient (Wildman–Crippen LogP) is 1.27. The van der Waals surface area contributed by atoms with E-state index in [1.807, 2.05) is 18.2 Å². The van der Waals surface area contributed by atoms with Gasteiger partial charge in [-0.1, -0.05) is 17.8 Å². The Balaban J connectivity index is 1.58. The van der Waals surface area contributed by atoms with E-state index in [1.54, 1.807) is 25.6 Å². The van der Waals surface area contributed by atoms with Crippen LogP contribution in [0.25, 0.3) is 11.5 Å². The number of aromatic nitrogens is 5. The van der Waals surface area contributed by atoms with Crippen LogP contribution in [0, 0.1) is 0 Å². The number of carbonyl (C=O) groups excluding carboxylic acids is 1. The molecule has 118 valence electrons. The van der Waals surface area contributed by atoms with Crippen LogP contribution in [0.1, 0.15) is 5.56 Å². The Morgan fingerprint density at radius 1 is 1.39 bits per heavy atom. The molecule has 9 heteroatoms. The molecule has 0 radical (unpaired) electrons.